The molecule has 0 aliphatic carbocycles. The number of halogens is 1. The number of nitrogens with two attached hydrogens (primary N) is 1. The monoisotopic (exact) mass is 261 g/mol. The van der Waals surface area contributed by atoms with Crippen molar-refractivity contribution in [2.24, 2.45) is 0 Å². The van der Waals surface area contributed by atoms with E-state index in [1.54, 1.807) is 13.0 Å². The fraction of sp³-hybridized carbons (Fsp3) is 0.0714. The first-order chi connectivity index (χ1) is 8.99. The number of para-hydroxylation sites is 1. The summed E-state index contributed by atoms with van der Waals surface area (Å²) in [6.07, 6.45) is 0. The maximum Gasteiger partial charge on any atom is 0.337 e. The van der Waals surface area contributed by atoms with Crippen molar-refractivity contribution in [3.8, 4) is 11.5 Å². The van der Waals surface area contributed by atoms with Gasteiger partial charge in [0.25, 0.3) is 0 Å². The number of carbonyl (C=O) groups is 1. The number of ether oxygens (including phenoxy) is 1. The van der Waals surface area contributed by atoms with Crippen LogP contribution in [0.1, 0.15) is 15.9 Å². The molecule has 0 saturated carbocycles. The minimum atomic E-state index is -1.16. The van der Waals surface area contributed by atoms with Gasteiger partial charge in [0.2, 0.25) is 0 Å². The van der Waals surface area contributed by atoms with Crippen molar-refractivity contribution in [2.45, 2.75) is 6.92 Å². The van der Waals surface area contributed by atoms with Crippen LogP contribution >= 0.6 is 0 Å². The van der Waals surface area contributed by atoms with Gasteiger partial charge in [-0.05, 0) is 36.8 Å². The third-order valence-corrected chi connectivity index (χ3v) is 2.60. The first kappa shape index (κ1) is 12.9. The molecule has 0 atom stereocenters. The first-order valence-corrected chi connectivity index (χ1v) is 5.55. The maximum atomic E-state index is 13.6. The normalized spacial score (nSPS) is 10.2. The summed E-state index contributed by atoms with van der Waals surface area (Å²) in [5.74, 6) is -1.57. The third kappa shape index (κ3) is 2.65. The second-order valence-corrected chi connectivity index (χ2v) is 4.06. The Hall–Kier alpha value is -2.56. The Morgan fingerprint density at radius 3 is 2.68 bits per heavy atom. The number of nitrogen functional groups attached to an aromatic ring is 1. The molecule has 0 aromatic heterocycles. The number of benzene rings is 2. The average Bonchev–Trinajstić information content (AvgIpc) is 2.36. The van der Waals surface area contributed by atoms with E-state index in [-0.39, 0.29) is 22.7 Å². The van der Waals surface area contributed by atoms with Gasteiger partial charge in [-0.15, -0.1) is 0 Å². The van der Waals surface area contributed by atoms with Gasteiger partial charge in [0.05, 0.1) is 11.3 Å². The Bertz CT molecular complexity index is 641. The quantitative estimate of drug-likeness (QED) is 0.832. The zero-order chi connectivity index (χ0) is 14.0. The van der Waals surface area contributed by atoms with Crippen LogP contribution in [0.3, 0.4) is 0 Å². The number of hydrogen-bond donors (Lipinski definition) is 2. The van der Waals surface area contributed by atoms with Crippen molar-refractivity contribution >= 4 is 11.7 Å². The summed E-state index contributed by atoms with van der Waals surface area (Å²) < 4.78 is 18.9. The number of carboxylic acid groups (broad SMARTS) is 1. The molecule has 0 fully saturated rings. The second kappa shape index (κ2) is 4.97. The lowest BCUT2D eigenvalue weighted by atomic mass is 10.1. The van der Waals surface area contributed by atoms with Crippen LogP contribution in [0.5, 0.6) is 11.5 Å². The summed E-state index contributed by atoms with van der Waals surface area (Å²) in [7, 11) is 0. The Kier molecular flexibility index (Phi) is 3.37. The van der Waals surface area contributed by atoms with Crippen LogP contribution < -0.4 is 10.5 Å². The number of anilines is 1. The van der Waals surface area contributed by atoms with Gasteiger partial charge < -0.3 is 15.6 Å². The van der Waals surface area contributed by atoms with E-state index in [1.165, 1.54) is 30.3 Å². The maximum absolute atomic E-state index is 13.6. The smallest absolute Gasteiger partial charge is 0.337 e. The van der Waals surface area contributed by atoms with Crippen LogP contribution in [-0.2, 0) is 0 Å². The average molecular weight is 261 g/mol. The van der Waals surface area contributed by atoms with Gasteiger partial charge in [-0.25, -0.2) is 9.18 Å². The lowest BCUT2D eigenvalue weighted by molar-refractivity contribution is 0.0697. The summed E-state index contributed by atoms with van der Waals surface area (Å²) in [6.45, 7) is 1.79. The summed E-state index contributed by atoms with van der Waals surface area (Å²) >= 11 is 0. The molecule has 2 aromatic rings. The molecule has 98 valence electrons. The minimum Gasteiger partial charge on any atom is -0.478 e. The molecule has 0 saturated heterocycles. The van der Waals surface area contributed by atoms with Gasteiger partial charge in [0, 0.05) is 0 Å². The lowest BCUT2D eigenvalue weighted by Gasteiger charge is -2.11. The number of hydrogen-bond acceptors (Lipinski definition) is 3. The highest BCUT2D eigenvalue weighted by Crippen LogP contribution is 2.31. The summed E-state index contributed by atoms with van der Waals surface area (Å²) in [5, 5.41) is 8.95. The summed E-state index contributed by atoms with van der Waals surface area (Å²) in [6, 6.07) is 8.74. The highest BCUT2D eigenvalue weighted by Gasteiger charge is 2.14. The van der Waals surface area contributed by atoms with E-state index in [9.17, 15) is 9.18 Å². The van der Waals surface area contributed by atoms with E-state index in [4.69, 9.17) is 15.6 Å². The summed E-state index contributed by atoms with van der Waals surface area (Å²) in [4.78, 5) is 10.9. The van der Waals surface area contributed by atoms with Crippen molar-refractivity contribution in [1.29, 1.82) is 0 Å². The molecule has 19 heavy (non-hydrogen) atoms. The summed E-state index contributed by atoms with van der Waals surface area (Å²) in [5.41, 5.74) is 6.41. The zero-order valence-corrected chi connectivity index (χ0v) is 10.2. The molecule has 0 unspecified atom stereocenters. The largest absolute Gasteiger partial charge is 0.478 e. The fourth-order valence-electron chi connectivity index (χ4n) is 1.63. The van der Waals surface area contributed by atoms with E-state index in [1.807, 2.05) is 0 Å². The van der Waals surface area contributed by atoms with E-state index < -0.39 is 11.8 Å². The molecule has 4 nitrogen and oxygen atoms in total. The van der Waals surface area contributed by atoms with Gasteiger partial charge in [0.1, 0.15) is 0 Å². The molecular weight excluding hydrogens is 249 g/mol. The highest BCUT2D eigenvalue weighted by molar-refractivity contribution is 5.95. The van der Waals surface area contributed by atoms with Gasteiger partial charge in [-0.3, -0.25) is 0 Å². The zero-order valence-electron chi connectivity index (χ0n) is 10.2. The number of rotatable bonds is 3. The van der Waals surface area contributed by atoms with Gasteiger partial charge in [-0.1, -0.05) is 12.1 Å². The van der Waals surface area contributed by atoms with E-state index in [0.717, 1.165) is 5.56 Å². The second-order valence-electron chi connectivity index (χ2n) is 4.06. The third-order valence-electron chi connectivity index (χ3n) is 2.60. The SMILES string of the molecule is Cc1ccc(F)c(Oc2cccc(C(=O)O)c2N)c1. The first-order valence-electron chi connectivity index (χ1n) is 5.55. The molecule has 2 rings (SSSR count). The molecule has 3 N–H and O–H groups in total. The van der Waals surface area contributed by atoms with Gasteiger partial charge in [-0.2, -0.15) is 0 Å². The van der Waals surface area contributed by atoms with Crippen LogP contribution in [0, 0.1) is 12.7 Å². The Labute approximate surface area is 109 Å². The minimum absolute atomic E-state index is 0.00855. The standard InChI is InChI=1S/C14H12FNO3/c1-8-5-6-10(15)12(7-8)19-11-4-2-3-9(13(11)16)14(17)18/h2-7H,16H2,1H3,(H,17,18). The van der Waals surface area contributed by atoms with Crippen LogP contribution in [0.25, 0.3) is 0 Å². The number of carboxylic acids is 1. The fourth-order valence-corrected chi connectivity index (χ4v) is 1.63. The predicted octanol–water partition coefficient (Wildman–Crippen LogP) is 3.21. The number of aryl methyl sites for hydroxylation is 1. The van der Waals surface area contributed by atoms with Crippen LogP contribution in [0.4, 0.5) is 10.1 Å². The topological polar surface area (TPSA) is 72.5 Å². The predicted molar refractivity (Wildman–Crippen MR) is 69.0 cm³/mol. The molecule has 0 amide bonds. The van der Waals surface area contributed by atoms with Crippen molar-refractivity contribution in [3.05, 3.63) is 53.3 Å². The molecule has 2 aromatic carbocycles. The van der Waals surface area contributed by atoms with E-state index in [2.05, 4.69) is 0 Å². The molecule has 0 aliphatic rings. The lowest BCUT2D eigenvalue weighted by Crippen LogP contribution is -2.04. The van der Waals surface area contributed by atoms with Gasteiger partial charge in [0.15, 0.2) is 17.3 Å². The van der Waals surface area contributed by atoms with Crippen molar-refractivity contribution in [1.82, 2.24) is 0 Å². The molecule has 0 heterocycles. The number of aromatic carboxylic acids is 1. The molecule has 0 radical (unpaired) electrons. The molecule has 0 bridgehead atoms. The van der Waals surface area contributed by atoms with Crippen molar-refractivity contribution in [2.75, 3.05) is 5.73 Å². The molecule has 5 heteroatoms. The van der Waals surface area contributed by atoms with Crippen LogP contribution in [0.15, 0.2) is 36.4 Å². The highest BCUT2D eigenvalue weighted by atomic mass is 19.1. The Morgan fingerprint density at radius 2 is 2.00 bits per heavy atom. The van der Waals surface area contributed by atoms with E-state index in [0.29, 0.717) is 0 Å². The van der Waals surface area contributed by atoms with Crippen molar-refractivity contribution < 1.29 is 19.0 Å². The van der Waals surface area contributed by atoms with Crippen molar-refractivity contribution in [3.63, 3.8) is 0 Å². The molecular formula is C14H12FNO3. The molecule has 0 aliphatic heterocycles. The van der Waals surface area contributed by atoms with Crippen LogP contribution in [0.2, 0.25) is 0 Å². The van der Waals surface area contributed by atoms with Crippen LogP contribution in [-0.4, -0.2) is 11.1 Å². The van der Waals surface area contributed by atoms with E-state index >= 15 is 0 Å². The Morgan fingerprint density at radius 1 is 1.26 bits per heavy atom. The molecule has 0 spiro atoms. The van der Waals surface area contributed by atoms with Gasteiger partial charge >= 0.3 is 5.97 Å². The Balaban J connectivity index is 2.41.